The molecule has 1 heterocycles. The van der Waals surface area contributed by atoms with Crippen LogP contribution in [0, 0.1) is 0 Å². The average molecular weight is 173 g/mol. The Bertz CT molecular complexity index is 119. The summed E-state index contributed by atoms with van der Waals surface area (Å²) < 4.78 is 11.0. The van der Waals surface area contributed by atoms with E-state index in [0.29, 0.717) is 12.6 Å². The molecular weight excluding hydrogens is 154 g/mol. The molecule has 2 atom stereocenters. The van der Waals surface area contributed by atoms with Gasteiger partial charge < -0.3 is 15.2 Å². The Morgan fingerprint density at radius 1 is 1.42 bits per heavy atom. The first-order chi connectivity index (χ1) is 5.86. The number of hydrogen-bond donors (Lipinski definition) is 1. The largest absolute Gasteiger partial charge is 0.379 e. The molecule has 1 aliphatic rings. The topological polar surface area (TPSA) is 44.5 Å². The summed E-state index contributed by atoms with van der Waals surface area (Å²) in [6.07, 6.45) is 3.85. The maximum absolute atomic E-state index is 5.61. The molecule has 0 aromatic carbocycles. The molecule has 0 bridgehead atoms. The second-order valence-electron chi connectivity index (χ2n) is 3.27. The third kappa shape index (κ3) is 3.09. The van der Waals surface area contributed by atoms with Gasteiger partial charge in [0, 0.05) is 13.2 Å². The van der Waals surface area contributed by atoms with E-state index in [4.69, 9.17) is 15.2 Å². The molecule has 3 heteroatoms. The van der Waals surface area contributed by atoms with Crippen molar-refractivity contribution in [2.45, 2.75) is 38.4 Å². The van der Waals surface area contributed by atoms with Gasteiger partial charge in [0.25, 0.3) is 0 Å². The van der Waals surface area contributed by atoms with Crippen LogP contribution < -0.4 is 5.73 Å². The summed E-state index contributed by atoms with van der Waals surface area (Å²) in [6.45, 7) is 4.33. The Morgan fingerprint density at radius 3 is 2.75 bits per heavy atom. The summed E-state index contributed by atoms with van der Waals surface area (Å²) in [4.78, 5) is 0. The maximum atomic E-state index is 5.61. The van der Waals surface area contributed by atoms with E-state index in [2.05, 4.69) is 6.92 Å². The Morgan fingerprint density at radius 2 is 2.17 bits per heavy atom. The molecule has 0 amide bonds. The Labute approximate surface area is 74.2 Å². The summed E-state index contributed by atoms with van der Waals surface area (Å²) in [5, 5.41) is 0. The second-order valence-corrected chi connectivity index (χ2v) is 3.27. The molecule has 1 rings (SSSR count). The van der Waals surface area contributed by atoms with Crippen LogP contribution in [0.1, 0.15) is 26.2 Å². The molecule has 0 saturated carbocycles. The van der Waals surface area contributed by atoms with Gasteiger partial charge in [0.05, 0.1) is 18.8 Å². The number of hydrogen-bond acceptors (Lipinski definition) is 3. The van der Waals surface area contributed by atoms with E-state index in [9.17, 15) is 0 Å². The SMILES string of the molecule is CCCOCC1CCC(CN)O1. The van der Waals surface area contributed by atoms with Gasteiger partial charge in [-0.1, -0.05) is 6.92 Å². The number of nitrogens with two attached hydrogens (primary N) is 1. The monoisotopic (exact) mass is 173 g/mol. The normalized spacial score (nSPS) is 29.5. The van der Waals surface area contributed by atoms with Crippen molar-refractivity contribution in [3.05, 3.63) is 0 Å². The van der Waals surface area contributed by atoms with Gasteiger partial charge in [-0.2, -0.15) is 0 Å². The Hall–Kier alpha value is -0.120. The van der Waals surface area contributed by atoms with E-state index in [1.165, 1.54) is 0 Å². The van der Waals surface area contributed by atoms with Crippen molar-refractivity contribution in [1.29, 1.82) is 0 Å². The molecule has 0 aliphatic carbocycles. The van der Waals surface area contributed by atoms with Gasteiger partial charge in [-0.25, -0.2) is 0 Å². The number of rotatable bonds is 5. The molecule has 12 heavy (non-hydrogen) atoms. The molecule has 2 N–H and O–H groups in total. The van der Waals surface area contributed by atoms with Crippen LogP contribution in [0.15, 0.2) is 0 Å². The lowest BCUT2D eigenvalue weighted by atomic mass is 10.2. The molecule has 72 valence electrons. The van der Waals surface area contributed by atoms with E-state index in [1.807, 2.05) is 0 Å². The molecule has 1 fully saturated rings. The maximum Gasteiger partial charge on any atom is 0.0813 e. The predicted molar refractivity (Wildman–Crippen MR) is 48.1 cm³/mol. The molecule has 0 radical (unpaired) electrons. The van der Waals surface area contributed by atoms with Crippen LogP contribution in [0.25, 0.3) is 0 Å². The van der Waals surface area contributed by atoms with Crippen LogP contribution in [-0.4, -0.2) is 32.0 Å². The fraction of sp³-hybridized carbons (Fsp3) is 1.00. The van der Waals surface area contributed by atoms with Gasteiger partial charge in [0.2, 0.25) is 0 Å². The van der Waals surface area contributed by atoms with Crippen molar-refractivity contribution >= 4 is 0 Å². The molecule has 0 aromatic rings. The van der Waals surface area contributed by atoms with Crippen molar-refractivity contribution in [3.8, 4) is 0 Å². The minimum absolute atomic E-state index is 0.278. The molecule has 0 spiro atoms. The highest BCUT2D eigenvalue weighted by molar-refractivity contribution is 4.73. The predicted octanol–water partition coefficient (Wildman–Crippen LogP) is 0.919. The first kappa shape index (κ1) is 9.96. The molecule has 1 saturated heterocycles. The number of ether oxygens (including phenoxy) is 2. The van der Waals surface area contributed by atoms with Crippen molar-refractivity contribution in [1.82, 2.24) is 0 Å². The molecule has 0 aromatic heterocycles. The highest BCUT2D eigenvalue weighted by Gasteiger charge is 2.23. The fourth-order valence-electron chi connectivity index (χ4n) is 1.44. The zero-order chi connectivity index (χ0) is 8.81. The van der Waals surface area contributed by atoms with Crippen molar-refractivity contribution in [2.75, 3.05) is 19.8 Å². The quantitative estimate of drug-likeness (QED) is 0.629. The third-order valence-electron chi connectivity index (χ3n) is 2.11. The summed E-state index contributed by atoms with van der Waals surface area (Å²) in [6, 6.07) is 0. The van der Waals surface area contributed by atoms with Gasteiger partial charge >= 0.3 is 0 Å². The van der Waals surface area contributed by atoms with E-state index < -0.39 is 0 Å². The Balaban J connectivity index is 2.03. The van der Waals surface area contributed by atoms with E-state index >= 15 is 0 Å². The van der Waals surface area contributed by atoms with Crippen LogP contribution in [0.2, 0.25) is 0 Å². The Kier molecular flexibility index (Phi) is 4.58. The minimum atomic E-state index is 0.278. The van der Waals surface area contributed by atoms with Crippen LogP contribution in [-0.2, 0) is 9.47 Å². The summed E-state index contributed by atoms with van der Waals surface area (Å²) >= 11 is 0. The van der Waals surface area contributed by atoms with Crippen LogP contribution >= 0.6 is 0 Å². The zero-order valence-electron chi connectivity index (χ0n) is 7.79. The summed E-state index contributed by atoms with van der Waals surface area (Å²) in [5.41, 5.74) is 5.49. The molecular formula is C9H19NO2. The highest BCUT2D eigenvalue weighted by Crippen LogP contribution is 2.18. The van der Waals surface area contributed by atoms with Gasteiger partial charge in [-0.3, -0.25) is 0 Å². The fourth-order valence-corrected chi connectivity index (χ4v) is 1.44. The lowest BCUT2D eigenvalue weighted by Crippen LogP contribution is -2.22. The van der Waals surface area contributed by atoms with E-state index in [1.54, 1.807) is 0 Å². The summed E-state index contributed by atoms with van der Waals surface area (Å²) in [5.74, 6) is 0. The lowest BCUT2D eigenvalue weighted by Gasteiger charge is -2.11. The van der Waals surface area contributed by atoms with Crippen LogP contribution in [0.3, 0.4) is 0 Å². The molecule has 3 nitrogen and oxygen atoms in total. The average Bonchev–Trinajstić information content (AvgIpc) is 2.53. The summed E-state index contributed by atoms with van der Waals surface area (Å²) in [7, 11) is 0. The van der Waals surface area contributed by atoms with Crippen molar-refractivity contribution < 1.29 is 9.47 Å². The molecule has 2 unspecified atom stereocenters. The molecule has 1 aliphatic heterocycles. The second kappa shape index (κ2) is 5.51. The van der Waals surface area contributed by atoms with Gasteiger partial charge in [-0.15, -0.1) is 0 Å². The first-order valence-corrected chi connectivity index (χ1v) is 4.80. The zero-order valence-corrected chi connectivity index (χ0v) is 7.79. The standard InChI is InChI=1S/C9H19NO2/c1-2-5-11-7-9-4-3-8(6-10)12-9/h8-9H,2-7,10H2,1H3. The van der Waals surface area contributed by atoms with Crippen molar-refractivity contribution in [2.24, 2.45) is 5.73 Å². The van der Waals surface area contributed by atoms with Gasteiger partial charge in [0.1, 0.15) is 0 Å². The minimum Gasteiger partial charge on any atom is -0.379 e. The highest BCUT2D eigenvalue weighted by atomic mass is 16.5. The van der Waals surface area contributed by atoms with Crippen LogP contribution in [0.4, 0.5) is 0 Å². The lowest BCUT2D eigenvalue weighted by molar-refractivity contribution is -0.0117. The third-order valence-corrected chi connectivity index (χ3v) is 2.11. The van der Waals surface area contributed by atoms with E-state index in [0.717, 1.165) is 32.5 Å². The van der Waals surface area contributed by atoms with Crippen molar-refractivity contribution in [3.63, 3.8) is 0 Å². The van der Waals surface area contributed by atoms with Crippen LogP contribution in [0.5, 0.6) is 0 Å². The van der Waals surface area contributed by atoms with Gasteiger partial charge in [-0.05, 0) is 19.3 Å². The van der Waals surface area contributed by atoms with E-state index in [-0.39, 0.29) is 6.10 Å². The smallest absolute Gasteiger partial charge is 0.0813 e. The van der Waals surface area contributed by atoms with Gasteiger partial charge in [0.15, 0.2) is 0 Å². The first-order valence-electron chi connectivity index (χ1n) is 4.80.